The highest BCUT2D eigenvalue weighted by Crippen LogP contribution is 2.23. The van der Waals surface area contributed by atoms with E-state index in [-0.39, 0.29) is 17.7 Å². The van der Waals surface area contributed by atoms with E-state index in [4.69, 9.17) is 4.74 Å². The first-order chi connectivity index (χ1) is 13.7. The maximum Gasteiger partial charge on any atom is 0.251 e. The van der Waals surface area contributed by atoms with Crippen molar-refractivity contribution in [3.05, 3.63) is 71.8 Å². The van der Waals surface area contributed by atoms with Crippen LogP contribution < -0.4 is 10.1 Å². The van der Waals surface area contributed by atoms with Crippen molar-refractivity contribution in [1.29, 1.82) is 0 Å². The number of phenols is 1. The number of hydrogen-bond acceptors (Lipinski definition) is 5. The zero-order chi connectivity index (χ0) is 19.3. The van der Waals surface area contributed by atoms with Gasteiger partial charge in [-0.1, -0.05) is 30.3 Å². The summed E-state index contributed by atoms with van der Waals surface area (Å²) in [6.07, 6.45) is 4.12. The second kappa shape index (κ2) is 8.12. The topological polar surface area (TPSA) is 89.3 Å². The number of benzene rings is 2. The van der Waals surface area contributed by atoms with E-state index in [9.17, 15) is 9.90 Å². The Kier molecular flexibility index (Phi) is 5.23. The average Bonchev–Trinajstić information content (AvgIpc) is 3.08. The lowest BCUT2D eigenvalue weighted by Gasteiger charge is -2.16. The van der Waals surface area contributed by atoms with Crippen LogP contribution in [0.2, 0.25) is 0 Å². The molecule has 0 saturated heterocycles. The number of rotatable bonds is 5. The second-order valence-corrected chi connectivity index (χ2v) is 6.93. The van der Waals surface area contributed by atoms with Crippen LogP contribution in [0.3, 0.4) is 0 Å². The summed E-state index contributed by atoms with van der Waals surface area (Å²) < 4.78 is 7.77. The SMILES string of the molecule is O=C(NC1CCc2nncn2CC1)c1cc(O)cc(OCc2ccccc2)c1. The van der Waals surface area contributed by atoms with E-state index in [1.54, 1.807) is 12.4 Å². The predicted octanol–water partition coefficient (Wildman–Crippen LogP) is 2.70. The molecule has 0 radical (unpaired) electrons. The number of fused-ring (bicyclic) bond motifs is 1. The molecule has 2 N–H and O–H groups in total. The minimum atomic E-state index is -0.219. The first-order valence-electron chi connectivity index (χ1n) is 9.36. The molecule has 1 aliphatic heterocycles. The van der Waals surface area contributed by atoms with Crippen LogP contribution in [0.25, 0.3) is 0 Å². The van der Waals surface area contributed by atoms with Crippen molar-refractivity contribution < 1.29 is 14.6 Å². The van der Waals surface area contributed by atoms with Gasteiger partial charge in [0.05, 0.1) is 0 Å². The van der Waals surface area contributed by atoms with E-state index in [0.717, 1.165) is 37.2 Å². The Labute approximate surface area is 163 Å². The Bertz CT molecular complexity index is 933. The highest BCUT2D eigenvalue weighted by Gasteiger charge is 2.20. The van der Waals surface area contributed by atoms with Crippen LogP contribution in [-0.4, -0.2) is 31.8 Å². The van der Waals surface area contributed by atoms with E-state index in [2.05, 4.69) is 15.5 Å². The lowest BCUT2D eigenvalue weighted by atomic mass is 10.1. The Balaban J connectivity index is 1.39. The summed E-state index contributed by atoms with van der Waals surface area (Å²) >= 11 is 0. The van der Waals surface area contributed by atoms with Crippen LogP contribution in [-0.2, 0) is 19.6 Å². The number of nitrogens with zero attached hydrogens (tertiary/aromatic N) is 3. The van der Waals surface area contributed by atoms with E-state index < -0.39 is 0 Å². The van der Waals surface area contributed by atoms with Gasteiger partial charge in [-0.2, -0.15) is 0 Å². The fourth-order valence-corrected chi connectivity index (χ4v) is 3.35. The number of phenolic OH excluding ortho intramolecular Hbond substituents is 1. The molecule has 1 atom stereocenters. The summed E-state index contributed by atoms with van der Waals surface area (Å²) in [4.78, 5) is 12.7. The normalized spacial score (nSPS) is 16.1. The van der Waals surface area contributed by atoms with Crippen LogP contribution >= 0.6 is 0 Å². The summed E-state index contributed by atoms with van der Waals surface area (Å²) in [7, 11) is 0. The van der Waals surface area contributed by atoms with Crippen molar-refractivity contribution in [3.8, 4) is 11.5 Å². The van der Waals surface area contributed by atoms with E-state index >= 15 is 0 Å². The molecular weight excluding hydrogens is 356 g/mol. The van der Waals surface area contributed by atoms with Gasteiger partial charge in [0.2, 0.25) is 0 Å². The Morgan fingerprint density at radius 1 is 1.21 bits per heavy atom. The molecule has 0 fully saturated rings. The van der Waals surface area contributed by atoms with Gasteiger partial charge in [-0.05, 0) is 30.5 Å². The van der Waals surface area contributed by atoms with Crippen LogP contribution in [0.4, 0.5) is 0 Å². The molecule has 0 aliphatic carbocycles. The molecule has 0 saturated carbocycles. The second-order valence-electron chi connectivity index (χ2n) is 6.93. The fraction of sp³-hybridized carbons (Fsp3) is 0.286. The Morgan fingerprint density at radius 3 is 2.93 bits per heavy atom. The number of aryl methyl sites for hydroxylation is 2. The summed E-state index contributed by atoms with van der Waals surface area (Å²) in [6, 6.07) is 14.4. The molecule has 7 nitrogen and oxygen atoms in total. The highest BCUT2D eigenvalue weighted by molar-refractivity contribution is 5.95. The summed E-state index contributed by atoms with van der Waals surface area (Å²) in [6.45, 7) is 1.15. The maximum atomic E-state index is 12.7. The van der Waals surface area contributed by atoms with E-state index in [1.165, 1.54) is 12.1 Å². The van der Waals surface area contributed by atoms with Gasteiger partial charge in [0.25, 0.3) is 5.91 Å². The predicted molar refractivity (Wildman–Crippen MR) is 103 cm³/mol. The molecule has 1 amide bonds. The molecule has 2 aromatic carbocycles. The van der Waals surface area contributed by atoms with Gasteiger partial charge >= 0.3 is 0 Å². The minimum absolute atomic E-state index is 0.00258. The van der Waals surface area contributed by atoms with Gasteiger partial charge in [0.15, 0.2) is 0 Å². The van der Waals surface area contributed by atoms with Crippen LogP contribution in [0.1, 0.15) is 34.6 Å². The molecule has 144 valence electrons. The molecule has 3 aromatic rings. The number of ether oxygens (including phenoxy) is 1. The maximum absolute atomic E-state index is 12.7. The molecular formula is C21H22N4O3. The standard InChI is InChI=1S/C21H22N4O3/c26-18-10-16(11-19(12-18)28-13-15-4-2-1-3-5-15)21(27)23-17-6-7-20-24-22-14-25(20)9-8-17/h1-5,10-12,14,17,26H,6-9,13H2,(H,23,27). The van der Waals surface area contributed by atoms with Gasteiger partial charge in [0.1, 0.15) is 30.3 Å². The minimum Gasteiger partial charge on any atom is -0.508 e. The number of carbonyl (C=O) groups is 1. The summed E-state index contributed by atoms with van der Waals surface area (Å²) in [5.74, 6) is 1.19. The average molecular weight is 378 g/mol. The van der Waals surface area contributed by atoms with Gasteiger partial charge in [0, 0.05) is 30.6 Å². The van der Waals surface area contributed by atoms with Crippen molar-refractivity contribution >= 4 is 5.91 Å². The lowest BCUT2D eigenvalue weighted by Crippen LogP contribution is -2.35. The Hall–Kier alpha value is -3.35. The number of aromatic nitrogens is 3. The van der Waals surface area contributed by atoms with Crippen molar-refractivity contribution in [2.45, 2.75) is 38.5 Å². The van der Waals surface area contributed by atoms with Crippen LogP contribution in [0, 0.1) is 0 Å². The third-order valence-corrected chi connectivity index (χ3v) is 4.87. The fourth-order valence-electron chi connectivity index (χ4n) is 3.35. The molecule has 2 heterocycles. The molecule has 4 rings (SSSR count). The third-order valence-electron chi connectivity index (χ3n) is 4.87. The van der Waals surface area contributed by atoms with E-state index in [1.807, 2.05) is 34.9 Å². The zero-order valence-corrected chi connectivity index (χ0v) is 15.4. The molecule has 0 bridgehead atoms. The highest BCUT2D eigenvalue weighted by atomic mass is 16.5. The van der Waals surface area contributed by atoms with Crippen molar-refractivity contribution in [1.82, 2.24) is 20.1 Å². The van der Waals surface area contributed by atoms with Crippen LogP contribution in [0.15, 0.2) is 54.9 Å². The van der Waals surface area contributed by atoms with Crippen molar-refractivity contribution in [2.75, 3.05) is 0 Å². The number of carbonyl (C=O) groups excluding carboxylic acids is 1. The molecule has 1 aromatic heterocycles. The molecule has 7 heteroatoms. The number of amides is 1. The smallest absolute Gasteiger partial charge is 0.251 e. The third kappa shape index (κ3) is 4.31. The van der Waals surface area contributed by atoms with Gasteiger partial charge in [-0.3, -0.25) is 4.79 Å². The summed E-state index contributed by atoms with van der Waals surface area (Å²) in [5.41, 5.74) is 1.40. The Morgan fingerprint density at radius 2 is 2.07 bits per heavy atom. The molecule has 0 spiro atoms. The molecule has 28 heavy (non-hydrogen) atoms. The quantitative estimate of drug-likeness (QED) is 0.713. The van der Waals surface area contributed by atoms with Crippen molar-refractivity contribution in [3.63, 3.8) is 0 Å². The first kappa shape index (κ1) is 18.0. The van der Waals surface area contributed by atoms with Crippen LogP contribution in [0.5, 0.6) is 11.5 Å². The zero-order valence-electron chi connectivity index (χ0n) is 15.4. The monoisotopic (exact) mass is 378 g/mol. The first-order valence-corrected chi connectivity index (χ1v) is 9.36. The number of aromatic hydroxyl groups is 1. The van der Waals surface area contributed by atoms with E-state index in [0.29, 0.717) is 17.9 Å². The number of hydrogen-bond donors (Lipinski definition) is 2. The molecule has 1 unspecified atom stereocenters. The largest absolute Gasteiger partial charge is 0.508 e. The lowest BCUT2D eigenvalue weighted by molar-refractivity contribution is 0.0932. The molecule has 1 aliphatic rings. The van der Waals surface area contributed by atoms with Crippen molar-refractivity contribution in [2.24, 2.45) is 0 Å². The van der Waals surface area contributed by atoms with Gasteiger partial charge in [-0.15, -0.1) is 10.2 Å². The van der Waals surface area contributed by atoms with Gasteiger partial charge in [-0.25, -0.2) is 0 Å². The van der Waals surface area contributed by atoms with Gasteiger partial charge < -0.3 is 19.7 Å². The summed E-state index contributed by atoms with van der Waals surface area (Å²) in [5, 5.41) is 21.1. The number of nitrogens with one attached hydrogen (secondary N) is 1.